The monoisotopic (exact) mass is 256 g/mol. The van der Waals surface area contributed by atoms with Crippen molar-refractivity contribution in [3.05, 3.63) is 12.2 Å². The van der Waals surface area contributed by atoms with Gasteiger partial charge in [-0.1, -0.05) is 0 Å². The number of aromatic nitrogens is 3. The smallest absolute Gasteiger partial charge is 0.377 e. The Hall–Kier alpha value is -1.96. The Kier molecular flexibility index (Phi) is 5.78. The molecule has 0 bridgehead atoms. The second kappa shape index (κ2) is 7.38. The Morgan fingerprint density at radius 3 is 2.89 bits per heavy atom. The molecule has 0 saturated heterocycles. The van der Waals surface area contributed by atoms with Crippen molar-refractivity contribution in [2.45, 2.75) is 13.0 Å². The van der Waals surface area contributed by atoms with Gasteiger partial charge in [0.15, 0.2) is 0 Å². The van der Waals surface area contributed by atoms with Gasteiger partial charge in [0.05, 0.1) is 7.11 Å². The molecule has 1 rings (SSSR count). The minimum absolute atomic E-state index is 0.0109. The number of nitrogens with one attached hydrogen (secondary N) is 1. The van der Waals surface area contributed by atoms with Gasteiger partial charge in [-0.25, -0.2) is 14.5 Å². The zero-order valence-corrected chi connectivity index (χ0v) is 10.4. The number of carbonyl (C=O) groups is 2. The zero-order chi connectivity index (χ0) is 13.4. The molecule has 0 atom stereocenters. The van der Waals surface area contributed by atoms with E-state index in [1.54, 1.807) is 7.11 Å². The lowest BCUT2D eigenvalue weighted by Crippen LogP contribution is -2.29. The summed E-state index contributed by atoms with van der Waals surface area (Å²) in [5.74, 6) is -0.897. The van der Waals surface area contributed by atoms with Crippen LogP contribution >= 0.6 is 0 Å². The number of nitrogens with zero attached hydrogens (tertiary/aromatic N) is 3. The summed E-state index contributed by atoms with van der Waals surface area (Å²) in [6, 6.07) is 0. The summed E-state index contributed by atoms with van der Waals surface area (Å²) < 4.78 is 10.6. The maximum Gasteiger partial charge on any atom is 0.377 e. The van der Waals surface area contributed by atoms with Crippen LogP contribution in [0.5, 0.6) is 0 Å². The van der Waals surface area contributed by atoms with Crippen LogP contribution in [-0.4, -0.2) is 54.0 Å². The molecule has 0 radical (unpaired) electrons. The van der Waals surface area contributed by atoms with Crippen LogP contribution in [0.15, 0.2) is 6.33 Å². The van der Waals surface area contributed by atoms with E-state index in [-0.39, 0.29) is 18.3 Å². The molecule has 1 heterocycles. The van der Waals surface area contributed by atoms with Crippen molar-refractivity contribution in [3.8, 4) is 0 Å². The van der Waals surface area contributed by atoms with Crippen LogP contribution in [0.1, 0.15) is 17.0 Å². The van der Waals surface area contributed by atoms with Crippen LogP contribution in [0.2, 0.25) is 0 Å². The molecule has 100 valence electrons. The fourth-order valence-electron chi connectivity index (χ4n) is 1.20. The number of methoxy groups -OCH3 is 2. The third-order valence-electron chi connectivity index (χ3n) is 2.06. The molecule has 8 nitrogen and oxygen atoms in total. The predicted molar refractivity (Wildman–Crippen MR) is 60.9 cm³/mol. The van der Waals surface area contributed by atoms with Gasteiger partial charge in [0, 0.05) is 20.3 Å². The van der Waals surface area contributed by atoms with Crippen LogP contribution in [0.4, 0.5) is 0 Å². The van der Waals surface area contributed by atoms with E-state index in [2.05, 4.69) is 20.1 Å². The maximum absolute atomic E-state index is 11.5. The lowest BCUT2D eigenvalue weighted by Gasteiger charge is -2.04. The predicted octanol–water partition coefficient (Wildman–Crippen LogP) is -0.783. The molecule has 0 aliphatic rings. The Bertz CT molecular complexity index is 404. The normalized spacial score (nSPS) is 10.1. The van der Waals surface area contributed by atoms with Gasteiger partial charge in [-0.3, -0.25) is 4.79 Å². The fourth-order valence-corrected chi connectivity index (χ4v) is 1.20. The SMILES string of the molecule is COCCCNC(=O)Cn1cnc(C(=O)OC)n1. The number of esters is 1. The van der Waals surface area contributed by atoms with Crippen molar-refractivity contribution >= 4 is 11.9 Å². The zero-order valence-electron chi connectivity index (χ0n) is 10.4. The number of amides is 1. The first kappa shape index (κ1) is 14.1. The highest BCUT2D eigenvalue weighted by atomic mass is 16.5. The number of hydrogen-bond donors (Lipinski definition) is 1. The molecule has 0 saturated carbocycles. The molecule has 0 aliphatic carbocycles. The second-order valence-electron chi connectivity index (χ2n) is 3.45. The van der Waals surface area contributed by atoms with Crippen molar-refractivity contribution < 1.29 is 19.1 Å². The highest BCUT2D eigenvalue weighted by Crippen LogP contribution is 1.92. The first-order valence-electron chi connectivity index (χ1n) is 5.40. The van der Waals surface area contributed by atoms with Gasteiger partial charge in [0.25, 0.3) is 5.82 Å². The lowest BCUT2D eigenvalue weighted by atomic mass is 10.4. The van der Waals surface area contributed by atoms with Crippen molar-refractivity contribution in [1.82, 2.24) is 20.1 Å². The minimum Gasteiger partial charge on any atom is -0.463 e. The van der Waals surface area contributed by atoms with Crippen LogP contribution in [0, 0.1) is 0 Å². The Labute approximate surface area is 104 Å². The molecule has 1 aromatic heterocycles. The molecule has 18 heavy (non-hydrogen) atoms. The molecule has 0 spiro atoms. The summed E-state index contributed by atoms with van der Waals surface area (Å²) in [6.45, 7) is 1.14. The topological polar surface area (TPSA) is 95.3 Å². The third-order valence-corrected chi connectivity index (χ3v) is 2.06. The van der Waals surface area contributed by atoms with Crippen molar-refractivity contribution in [2.24, 2.45) is 0 Å². The van der Waals surface area contributed by atoms with E-state index in [0.29, 0.717) is 13.2 Å². The number of ether oxygens (including phenoxy) is 2. The summed E-state index contributed by atoms with van der Waals surface area (Å²) >= 11 is 0. The van der Waals surface area contributed by atoms with E-state index >= 15 is 0 Å². The molecule has 1 amide bonds. The average molecular weight is 256 g/mol. The van der Waals surface area contributed by atoms with Gasteiger partial charge >= 0.3 is 5.97 Å². The van der Waals surface area contributed by atoms with E-state index in [1.165, 1.54) is 18.1 Å². The van der Waals surface area contributed by atoms with Crippen molar-refractivity contribution in [3.63, 3.8) is 0 Å². The first-order chi connectivity index (χ1) is 8.67. The Balaban J connectivity index is 2.35. The number of rotatable bonds is 7. The largest absolute Gasteiger partial charge is 0.463 e. The maximum atomic E-state index is 11.5. The van der Waals surface area contributed by atoms with Gasteiger partial charge in [0.2, 0.25) is 5.91 Å². The molecule has 1 aromatic rings. The summed E-state index contributed by atoms with van der Waals surface area (Å²) in [5, 5.41) is 6.51. The number of carbonyl (C=O) groups excluding carboxylic acids is 2. The van der Waals surface area contributed by atoms with Crippen LogP contribution in [-0.2, 0) is 20.8 Å². The Morgan fingerprint density at radius 2 is 2.22 bits per heavy atom. The standard InChI is InChI=1S/C10H16N4O4/c1-17-5-3-4-11-8(15)6-14-7-12-9(13-14)10(16)18-2/h7H,3-6H2,1-2H3,(H,11,15). The van der Waals surface area contributed by atoms with E-state index in [0.717, 1.165) is 6.42 Å². The fraction of sp³-hybridized carbons (Fsp3) is 0.600. The second-order valence-corrected chi connectivity index (χ2v) is 3.45. The molecule has 0 aromatic carbocycles. The summed E-state index contributed by atoms with van der Waals surface area (Å²) in [6.07, 6.45) is 2.05. The molecule has 0 fully saturated rings. The van der Waals surface area contributed by atoms with Gasteiger partial charge in [0.1, 0.15) is 12.9 Å². The Morgan fingerprint density at radius 1 is 1.44 bits per heavy atom. The minimum atomic E-state index is -0.630. The highest BCUT2D eigenvalue weighted by Gasteiger charge is 2.12. The first-order valence-corrected chi connectivity index (χ1v) is 5.40. The summed E-state index contributed by atoms with van der Waals surface area (Å²) in [7, 11) is 2.84. The molecule has 0 unspecified atom stereocenters. The van der Waals surface area contributed by atoms with Crippen molar-refractivity contribution in [1.29, 1.82) is 0 Å². The molecule has 0 aliphatic heterocycles. The molecule has 1 N–H and O–H groups in total. The molecular formula is C10H16N4O4. The van der Waals surface area contributed by atoms with Gasteiger partial charge in [-0.15, -0.1) is 5.10 Å². The van der Waals surface area contributed by atoms with E-state index in [4.69, 9.17) is 4.74 Å². The lowest BCUT2D eigenvalue weighted by molar-refractivity contribution is -0.121. The van der Waals surface area contributed by atoms with E-state index < -0.39 is 5.97 Å². The quantitative estimate of drug-likeness (QED) is 0.508. The molecule has 8 heteroatoms. The highest BCUT2D eigenvalue weighted by molar-refractivity contribution is 5.84. The third kappa shape index (κ3) is 4.50. The van der Waals surface area contributed by atoms with E-state index in [1.807, 2.05) is 0 Å². The summed E-state index contributed by atoms with van der Waals surface area (Å²) in [4.78, 5) is 26.3. The number of hydrogen-bond acceptors (Lipinski definition) is 6. The van der Waals surface area contributed by atoms with Gasteiger partial charge in [-0.05, 0) is 6.42 Å². The van der Waals surface area contributed by atoms with Crippen molar-refractivity contribution in [2.75, 3.05) is 27.4 Å². The van der Waals surface area contributed by atoms with Gasteiger partial charge in [-0.2, -0.15) is 0 Å². The average Bonchev–Trinajstić information content (AvgIpc) is 2.82. The van der Waals surface area contributed by atoms with Crippen LogP contribution < -0.4 is 5.32 Å². The van der Waals surface area contributed by atoms with Crippen LogP contribution in [0.3, 0.4) is 0 Å². The van der Waals surface area contributed by atoms with Gasteiger partial charge < -0.3 is 14.8 Å². The van der Waals surface area contributed by atoms with Crippen LogP contribution in [0.25, 0.3) is 0 Å². The van der Waals surface area contributed by atoms with E-state index in [9.17, 15) is 9.59 Å². The summed E-state index contributed by atoms with van der Waals surface area (Å²) in [5.41, 5.74) is 0. The molecular weight excluding hydrogens is 240 g/mol.